The van der Waals surface area contributed by atoms with Crippen LogP contribution in [0.4, 0.5) is 5.69 Å². The zero-order valence-electron chi connectivity index (χ0n) is 14.4. The van der Waals surface area contributed by atoms with E-state index in [0.29, 0.717) is 5.69 Å². The van der Waals surface area contributed by atoms with Gasteiger partial charge in [-0.3, -0.25) is 9.59 Å². The number of hydrogen-bond donors (Lipinski definition) is 2. The lowest BCUT2D eigenvalue weighted by atomic mass is 10.0. The number of carbonyl (C=O) groups is 2. The Labute approximate surface area is 159 Å². The highest BCUT2D eigenvalue weighted by Crippen LogP contribution is 2.17. The first-order valence-electron chi connectivity index (χ1n) is 7.85. The van der Waals surface area contributed by atoms with E-state index in [1.54, 1.807) is 24.3 Å². The van der Waals surface area contributed by atoms with Crippen LogP contribution < -0.4 is 5.32 Å². The molecule has 2 aromatic carbocycles. The highest BCUT2D eigenvalue weighted by Gasteiger charge is 2.23. The highest BCUT2D eigenvalue weighted by atomic mass is 79.9. The third-order valence-electron chi connectivity index (χ3n) is 3.49. The Morgan fingerprint density at radius 3 is 2.35 bits per heavy atom. The van der Waals surface area contributed by atoms with Crippen LogP contribution in [0.5, 0.6) is 5.75 Å². The molecule has 0 aliphatic rings. The smallest absolute Gasteiger partial charge is 0.266 e. The maximum atomic E-state index is 12.6. The van der Waals surface area contributed by atoms with Crippen LogP contribution in [0.15, 0.2) is 63.3 Å². The average Bonchev–Trinajstić information content (AvgIpc) is 2.61. The highest BCUT2D eigenvalue weighted by molar-refractivity contribution is 9.10. The van der Waals surface area contributed by atoms with Crippen molar-refractivity contribution in [3.8, 4) is 5.75 Å². The van der Waals surface area contributed by atoms with Crippen LogP contribution in [0.1, 0.15) is 12.5 Å². The molecule has 0 saturated carbocycles. The topological polar surface area (TPSA) is 94.4 Å². The Bertz CT molecular complexity index is 791. The summed E-state index contributed by atoms with van der Waals surface area (Å²) in [7, 11) is 1.48. The summed E-state index contributed by atoms with van der Waals surface area (Å²) in [5, 5.41) is 21.0. The van der Waals surface area contributed by atoms with E-state index in [4.69, 9.17) is 0 Å². The SMILES string of the molecule is CC(=O)N[C@@H](Cc1ccc(O)cc1)C(=O)N(C)N=Nc1ccc(Br)cc1. The fourth-order valence-electron chi connectivity index (χ4n) is 2.21. The van der Waals surface area contributed by atoms with Gasteiger partial charge in [-0.1, -0.05) is 33.3 Å². The number of phenols is 1. The number of halogens is 1. The van der Waals surface area contributed by atoms with Gasteiger partial charge in [-0.2, -0.15) is 0 Å². The largest absolute Gasteiger partial charge is 0.508 e. The maximum Gasteiger partial charge on any atom is 0.266 e. The molecule has 0 unspecified atom stereocenters. The predicted octanol–water partition coefficient (Wildman–Crippen LogP) is 3.36. The van der Waals surface area contributed by atoms with Crippen molar-refractivity contribution in [2.45, 2.75) is 19.4 Å². The third-order valence-corrected chi connectivity index (χ3v) is 4.02. The van der Waals surface area contributed by atoms with Crippen LogP contribution in [0.25, 0.3) is 0 Å². The van der Waals surface area contributed by atoms with Crippen LogP contribution in [0.2, 0.25) is 0 Å². The Hall–Kier alpha value is -2.74. The minimum absolute atomic E-state index is 0.136. The van der Waals surface area contributed by atoms with Gasteiger partial charge in [0.2, 0.25) is 5.91 Å². The monoisotopic (exact) mass is 418 g/mol. The van der Waals surface area contributed by atoms with Gasteiger partial charge in [0.05, 0.1) is 5.69 Å². The second kappa shape index (κ2) is 9.10. The Morgan fingerprint density at radius 1 is 1.15 bits per heavy atom. The van der Waals surface area contributed by atoms with Crippen molar-refractivity contribution in [1.29, 1.82) is 0 Å². The summed E-state index contributed by atoms with van der Waals surface area (Å²) >= 11 is 3.33. The van der Waals surface area contributed by atoms with Crippen LogP contribution in [-0.4, -0.2) is 35.0 Å². The average molecular weight is 419 g/mol. The summed E-state index contributed by atoms with van der Waals surface area (Å²) < 4.78 is 0.917. The lowest BCUT2D eigenvalue weighted by molar-refractivity contribution is -0.135. The molecule has 2 rings (SSSR count). The molecule has 7 nitrogen and oxygen atoms in total. The molecule has 0 aliphatic heterocycles. The van der Waals surface area contributed by atoms with Gasteiger partial charge >= 0.3 is 0 Å². The molecule has 0 bridgehead atoms. The number of carbonyl (C=O) groups excluding carboxylic acids is 2. The lowest BCUT2D eigenvalue weighted by Gasteiger charge is -2.20. The Balaban J connectivity index is 2.09. The van der Waals surface area contributed by atoms with E-state index in [1.165, 1.54) is 26.1 Å². The molecule has 8 heteroatoms. The van der Waals surface area contributed by atoms with Gasteiger partial charge in [0.1, 0.15) is 11.8 Å². The summed E-state index contributed by atoms with van der Waals surface area (Å²) in [6.45, 7) is 1.35. The van der Waals surface area contributed by atoms with E-state index in [1.807, 2.05) is 12.1 Å². The molecule has 2 aromatic rings. The number of phenolic OH excluding ortho intramolecular Hbond substituents is 1. The van der Waals surface area contributed by atoms with Crippen molar-refractivity contribution in [1.82, 2.24) is 10.3 Å². The zero-order valence-corrected chi connectivity index (χ0v) is 16.0. The van der Waals surface area contributed by atoms with Crippen molar-refractivity contribution in [3.05, 3.63) is 58.6 Å². The number of amides is 2. The van der Waals surface area contributed by atoms with Crippen LogP contribution in [0.3, 0.4) is 0 Å². The minimum Gasteiger partial charge on any atom is -0.508 e. The number of hydrogen-bond acceptors (Lipinski definition) is 5. The number of aromatic hydroxyl groups is 1. The van der Waals surface area contributed by atoms with Gasteiger partial charge in [-0.05, 0) is 42.0 Å². The summed E-state index contributed by atoms with van der Waals surface area (Å²) in [6, 6.07) is 12.8. The van der Waals surface area contributed by atoms with Crippen molar-refractivity contribution >= 4 is 33.4 Å². The van der Waals surface area contributed by atoms with E-state index in [9.17, 15) is 14.7 Å². The minimum atomic E-state index is -0.786. The summed E-state index contributed by atoms with van der Waals surface area (Å²) in [6.07, 6.45) is 0.275. The molecule has 0 aliphatic carbocycles. The number of rotatable bonds is 6. The first-order valence-corrected chi connectivity index (χ1v) is 8.64. The summed E-state index contributed by atoms with van der Waals surface area (Å²) in [5.41, 5.74) is 1.40. The van der Waals surface area contributed by atoms with Crippen LogP contribution in [-0.2, 0) is 16.0 Å². The molecule has 0 spiro atoms. The lowest BCUT2D eigenvalue weighted by Crippen LogP contribution is -2.46. The Kier molecular flexibility index (Phi) is 6.85. The molecule has 26 heavy (non-hydrogen) atoms. The molecule has 0 aromatic heterocycles. The number of likely N-dealkylation sites (N-methyl/N-ethyl adjacent to an activating group) is 1. The molecule has 0 heterocycles. The van der Waals surface area contributed by atoms with E-state index in [-0.39, 0.29) is 18.1 Å². The maximum absolute atomic E-state index is 12.6. The van der Waals surface area contributed by atoms with Gasteiger partial charge < -0.3 is 10.4 Å². The van der Waals surface area contributed by atoms with E-state index >= 15 is 0 Å². The second-order valence-corrected chi connectivity index (χ2v) is 6.57. The molecule has 0 fully saturated rings. The molecular weight excluding hydrogens is 400 g/mol. The molecule has 136 valence electrons. The van der Waals surface area contributed by atoms with E-state index in [0.717, 1.165) is 15.0 Å². The van der Waals surface area contributed by atoms with Gasteiger partial charge in [-0.15, -0.1) is 5.11 Å². The van der Waals surface area contributed by atoms with E-state index in [2.05, 4.69) is 31.6 Å². The number of benzene rings is 2. The van der Waals surface area contributed by atoms with Crippen molar-refractivity contribution < 1.29 is 14.7 Å². The molecule has 0 radical (unpaired) electrons. The van der Waals surface area contributed by atoms with Crippen LogP contribution in [0, 0.1) is 0 Å². The van der Waals surface area contributed by atoms with Crippen molar-refractivity contribution in [2.75, 3.05) is 7.05 Å². The summed E-state index contributed by atoms with van der Waals surface area (Å²) in [4.78, 5) is 24.1. The molecule has 2 N–H and O–H groups in total. The van der Waals surface area contributed by atoms with Crippen molar-refractivity contribution in [3.63, 3.8) is 0 Å². The van der Waals surface area contributed by atoms with Gasteiger partial charge in [0, 0.05) is 24.9 Å². The third kappa shape index (κ3) is 5.96. The Morgan fingerprint density at radius 2 is 1.77 bits per heavy atom. The second-order valence-electron chi connectivity index (χ2n) is 5.65. The fraction of sp³-hybridized carbons (Fsp3) is 0.222. The fourth-order valence-corrected chi connectivity index (χ4v) is 2.47. The molecule has 0 saturated heterocycles. The predicted molar refractivity (Wildman–Crippen MR) is 101 cm³/mol. The zero-order chi connectivity index (χ0) is 19.1. The van der Waals surface area contributed by atoms with Gasteiger partial charge in [-0.25, -0.2) is 5.01 Å². The van der Waals surface area contributed by atoms with E-state index < -0.39 is 11.9 Å². The van der Waals surface area contributed by atoms with Gasteiger partial charge in [0.15, 0.2) is 0 Å². The number of nitrogens with zero attached hydrogens (tertiary/aromatic N) is 3. The first-order chi connectivity index (χ1) is 12.3. The van der Waals surface area contributed by atoms with Crippen LogP contribution >= 0.6 is 15.9 Å². The molecule has 2 amide bonds. The summed E-state index contributed by atoms with van der Waals surface area (Å²) in [5.74, 6) is -0.578. The first kappa shape index (κ1) is 19.6. The molecular formula is C18H19BrN4O3. The van der Waals surface area contributed by atoms with Gasteiger partial charge in [0.25, 0.3) is 5.91 Å². The quantitative estimate of drug-likeness (QED) is 0.555. The van der Waals surface area contributed by atoms with Crippen molar-refractivity contribution in [2.24, 2.45) is 10.3 Å². The number of nitrogens with one attached hydrogen (secondary N) is 1. The normalized spacial score (nSPS) is 12.0. The molecule has 1 atom stereocenters. The standard InChI is InChI=1S/C18H19BrN4O3/c1-12(24)20-17(11-13-3-9-16(25)10-4-13)18(26)23(2)22-21-15-7-5-14(19)6-8-15/h3-10,17,25H,11H2,1-2H3,(H,20,24)/t17-/m0/s1.